The number of nitrogen functional groups attached to an aromatic ring is 1. The van der Waals surface area contributed by atoms with Crippen LogP contribution < -0.4 is 16.7 Å². The van der Waals surface area contributed by atoms with Gasteiger partial charge < -0.3 is 20.9 Å². The monoisotopic (exact) mass is 568 g/mol. The Bertz CT molecular complexity index is 1170. The number of unbranched alkanes of at least 4 members (excludes halogenated alkanes) is 1. The Hall–Kier alpha value is -2.21. The van der Waals surface area contributed by atoms with E-state index in [-0.39, 0.29) is 11.9 Å². The molecule has 4 fully saturated rings. The summed E-state index contributed by atoms with van der Waals surface area (Å²) >= 11 is 0. The summed E-state index contributed by atoms with van der Waals surface area (Å²) in [4.78, 5) is 36.4. The van der Waals surface area contributed by atoms with Gasteiger partial charge in [0.15, 0.2) is 11.5 Å². The number of nitrogens with zero attached hydrogens (tertiary/aromatic N) is 7. The van der Waals surface area contributed by atoms with Gasteiger partial charge in [-0.05, 0) is 38.5 Å². The molecule has 0 spiro atoms. The maximum atomic E-state index is 13.6. The number of nitrogens with two attached hydrogens (primary N) is 1. The molecule has 0 aromatic carbocycles. The highest BCUT2D eigenvalue weighted by atomic mass is 16.1. The fraction of sp³-hybridized carbons (Fsp3) is 0.833. The number of aromatic nitrogens is 4. The lowest BCUT2D eigenvalue weighted by Gasteiger charge is -2.43. The molecule has 2 aliphatic carbocycles. The Morgan fingerprint density at radius 3 is 2.12 bits per heavy atom. The molecule has 2 aromatic rings. The van der Waals surface area contributed by atoms with Gasteiger partial charge in [0.2, 0.25) is 5.95 Å². The molecule has 41 heavy (non-hydrogen) atoms. The van der Waals surface area contributed by atoms with Crippen molar-refractivity contribution in [1.82, 2.24) is 39.1 Å². The van der Waals surface area contributed by atoms with Crippen molar-refractivity contribution in [2.45, 2.75) is 95.8 Å². The van der Waals surface area contributed by atoms with Crippen LogP contribution in [0.1, 0.15) is 83.7 Å². The van der Waals surface area contributed by atoms with E-state index in [1.165, 1.54) is 64.5 Å². The van der Waals surface area contributed by atoms with Gasteiger partial charge in [0.25, 0.3) is 0 Å². The van der Waals surface area contributed by atoms with Crippen molar-refractivity contribution in [1.29, 1.82) is 0 Å². The first-order valence-electron chi connectivity index (χ1n) is 16.6. The van der Waals surface area contributed by atoms with Crippen LogP contribution in [0.2, 0.25) is 0 Å². The van der Waals surface area contributed by atoms with E-state index in [1.807, 2.05) is 4.57 Å². The third kappa shape index (κ3) is 6.58. The molecule has 1 atom stereocenters. The van der Waals surface area contributed by atoms with Crippen LogP contribution in [0.15, 0.2) is 4.79 Å². The zero-order valence-electron chi connectivity index (χ0n) is 25.2. The fourth-order valence-corrected chi connectivity index (χ4v) is 7.82. The average Bonchev–Trinajstić information content (AvgIpc) is 3.77. The summed E-state index contributed by atoms with van der Waals surface area (Å²) < 4.78 is 1.89. The first-order valence-corrected chi connectivity index (χ1v) is 16.6. The number of imidazole rings is 1. The van der Waals surface area contributed by atoms with Gasteiger partial charge in [-0.15, -0.1) is 0 Å². The molecule has 4 N–H and O–H groups in total. The molecule has 0 bridgehead atoms. The number of piperazine rings is 2. The van der Waals surface area contributed by atoms with Crippen LogP contribution in [0, 0.1) is 0 Å². The number of anilines is 2. The highest BCUT2D eigenvalue weighted by Gasteiger charge is 2.33. The Morgan fingerprint density at radius 2 is 1.51 bits per heavy atom. The van der Waals surface area contributed by atoms with E-state index in [9.17, 15) is 4.79 Å². The molecule has 11 heteroatoms. The number of fused-ring (bicyclic) bond motifs is 1. The highest BCUT2D eigenvalue weighted by Crippen LogP contribution is 2.29. The first kappa shape index (κ1) is 28.9. The van der Waals surface area contributed by atoms with Crippen LogP contribution >= 0.6 is 0 Å². The van der Waals surface area contributed by atoms with Crippen LogP contribution in [0.5, 0.6) is 0 Å². The topological polar surface area (TPSA) is 115 Å². The summed E-state index contributed by atoms with van der Waals surface area (Å²) in [5, 5.41) is 3.32. The van der Waals surface area contributed by atoms with E-state index < -0.39 is 0 Å². The van der Waals surface area contributed by atoms with Gasteiger partial charge in [-0.3, -0.25) is 19.3 Å². The van der Waals surface area contributed by atoms with Crippen molar-refractivity contribution in [3.8, 4) is 0 Å². The van der Waals surface area contributed by atoms with Gasteiger partial charge in [0, 0.05) is 77.5 Å². The summed E-state index contributed by atoms with van der Waals surface area (Å²) in [7, 11) is 0. The first-order chi connectivity index (χ1) is 20.1. The average molecular weight is 569 g/mol. The molecule has 4 aliphatic rings. The molecule has 4 heterocycles. The third-order valence-electron chi connectivity index (χ3n) is 10.3. The highest BCUT2D eigenvalue weighted by molar-refractivity contribution is 5.82. The Balaban J connectivity index is 1.20. The number of hydrogen-bond donors (Lipinski definition) is 3. The zero-order chi connectivity index (χ0) is 28.2. The fourth-order valence-electron chi connectivity index (χ4n) is 7.82. The number of nitrogens with one attached hydrogen (secondary N) is 2. The number of hydrogen-bond acceptors (Lipinski definition) is 9. The lowest BCUT2D eigenvalue weighted by molar-refractivity contribution is 0.0318. The maximum Gasteiger partial charge on any atom is 0.329 e. The Labute approximate surface area is 244 Å². The molecular weight excluding hydrogens is 516 g/mol. The molecule has 2 aliphatic heterocycles. The largest absolute Gasteiger partial charge is 0.382 e. The molecule has 228 valence electrons. The number of H-pyrrole nitrogens is 1. The molecule has 1 unspecified atom stereocenters. The number of rotatable bonds is 11. The summed E-state index contributed by atoms with van der Waals surface area (Å²) in [6.45, 7) is 12.6. The van der Waals surface area contributed by atoms with E-state index in [2.05, 4.69) is 41.8 Å². The summed E-state index contributed by atoms with van der Waals surface area (Å²) in [5.41, 5.74) is 7.39. The second-order valence-corrected chi connectivity index (χ2v) is 12.8. The van der Waals surface area contributed by atoms with Crippen LogP contribution in [0.3, 0.4) is 0 Å². The molecule has 11 nitrogen and oxygen atoms in total. The quantitative estimate of drug-likeness (QED) is 0.352. The standard InChI is InChI=1S/C30H52N10O/c1-2-3-13-32-29-34-27(31)26-28(35-29)40(30(41)33-26)25(39-21-19-38(20-22-39)24-10-6-7-11-24)12-14-36-15-17-37(18-16-36)23-8-4-5-9-23/h23-25H,2-22H2,1H3,(H,33,41)(H3,31,32,34,35). The minimum atomic E-state index is -0.138. The van der Waals surface area contributed by atoms with Crippen molar-refractivity contribution in [3.63, 3.8) is 0 Å². The summed E-state index contributed by atoms with van der Waals surface area (Å²) in [6.07, 6.45) is 13.9. The van der Waals surface area contributed by atoms with Crippen molar-refractivity contribution in [3.05, 3.63) is 10.5 Å². The van der Waals surface area contributed by atoms with E-state index >= 15 is 0 Å². The van der Waals surface area contributed by atoms with Crippen LogP contribution in [0.25, 0.3) is 11.2 Å². The predicted octanol–water partition coefficient (Wildman–Crippen LogP) is 2.92. The molecule has 0 amide bonds. The van der Waals surface area contributed by atoms with Gasteiger partial charge in [0.05, 0.1) is 6.17 Å². The minimum absolute atomic E-state index is 0.0624. The third-order valence-corrected chi connectivity index (χ3v) is 10.3. The normalized spacial score (nSPS) is 23.6. The van der Waals surface area contributed by atoms with E-state index in [0.717, 1.165) is 83.7 Å². The van der Waals surface area contributed by atoms with Gasteiger partial charge in [-0.2, -0.15) is 9.97 Å². The van der Waals surface area contributed by atoms with Gasteiger partial charge in [-0.25, -0.2) is 4.79 Å². The van der Waals surface area contributed by atoms with Crippen molar-refractivity contribution in [2.75, 3.05) is 76.5 Å². The van der Waals surface area contributed by atoms with Crippen molar-refractivity contribution in [2.24, 2.45) is 0 Å². The zero-order valence-corrected chi connectivity index (χ0v) is 25.2. The molecule has 2 saturated heterocycles. The number of aromatic amines is 1. The molecular formula is C30H52N10O. The maximum absolute atomic E-state index is 13.6. The smallest absolute Gasteiger partial charge is 0.329 e. The molecule has 2 saturated carbocycles. The lowest BCUT2D eigenvalue weighted by atomic mass is 10.1. The summed E-state index contributed by atoms with van der Waals surface area (Å²) in [5.74, 6) is 0.835. The lowest BCUT2D eigenvalue weighted by Crippen LogP contribution is -2.53. The minimum Gasteiger partial charge on any atom is -0.382 e. The van der Waals surface area contributed by atoms with E-state index in [4.69, 9.17) is 10.7 Å². The van der Waals surface area contributed by atoms with Gasteiger partial charge >= 0.3 is 5.69 Å². The van der Waals surface area contributed by atoms with Crippen LogP contribution in [-0.2, 0) is 0 Å². The van der Waals surface area contributed by atoms with Crippen molar-refractivity contribution < 1.29 is 0 Å². The SMILES string of the molecule is CCCCNc1nc(N)c2[nH]c(=O)n(C(CCN3CCN(C4CCCC4)CC3)N3CCN(C4CCCC4)CC3)c2n1. The van der Waals surface area contributed by atoms with Crippen LogP contribution in [0.4, 0.5) is 11.8 Å². The van der Waals surface area contributed by atoms with Gasteiger partial charge in [0.1, 0.15) is 5.52 Å². The van der Waals surface area contributed by atoms with Gasteiger partial charge in [-0.1, -0.05) is 39.0 Å². The van der Waals surface area contributed by atoms with E-state index in [0.29, 0.717) is 22.9 Å². The molecule has 0 radical (unpaired) electrons. The van der Waals surface area contributed by atoms with Crippen molar-refractivity contribution >= 4 is 22.9 Å². The van der Waals surface area contributed by atoms with E-state index in [1.54, 1.807) is 0 Å². The summed E-state index contributed by atoms with van der Waals surface area (Å²) in [6, 6.07) is 1.54. The second-order valence-electron chi connectivity index (χ2n) is 12.8. The Kier molecular flexibility index (Phi) is 9.44. The molecule has 2 aromatic heterocycles. The Morgan fingerprint density at radius 1 is 0.902 bits per heavy atom. The second kappa shape index (κ2) is 13.4. The predicted molar refractivity (Wildman–Crippen MR) is 165 cm³/mol. The molecule has 6 rings (SSSR count). The van der Waals surface area contributed by atoms with Crippen LogP contribution in [-0.4, -0.2) is 117 Å².